The van der Waals surface area contributed by atoms with Crippen molar-refractivity contribution in [1.82, 2.24) is 0 Å². The van der Waals surface area contributed by atoms with Gasteiger partial charge in [0.15, 0.2) is 5.60 Å². The fourth-order valence-electron chi connectivity index (χ4n) is 2.20. The van der Waals surface area contributed by atoms with Crippen molar-refractivity contribution < 1.29 is 19.4 Å². The molecule has 1 aliphatic rings. The summed E-state index contributed by atoms with van der Waals surface area (Å²) in [5.41, 5.74) is -1.44. The van der Waals surface area contributed by atoms with Crippen LogP contribution in [0.15, 0.2) is 0 Å². The zero-order valence-corrected chi connectivity index (χ0v) is 12.9. The Kier molecular flexibility index (Phi) is 5.39. The number of carbonyl (C=O) groups excluding carboxylic acids is 1. The first kappa shape index (κ1) is 16.4. The van der Waals surface area contributed by atoms with Gasteiger partial charge in [-0.05, 0) is 59.8 Å². The molecule has 0 spiro atoms. The summed E-state index contributed by atoms with van der Waals surface area (Å²) in [6.07, 6.45) is 3.52. The molecule has 0 aromatic heterocycles. The molecule has 4 heteroatoms. The summed E-state index contributed by atoms with van der Waals surface area (Å²) >= 11 is 0. The molecule has 0 unspecified atom stereocenters. The lowest BCUT2D eigenvalue weighted by molar-refractivity contribution is -0.181. The van der Waals surface area contributed by atoms with Crippen molar-refractivity contribution in [1.29, 1.82) is 0 Å². The number of hydrogen-bond acceptors (Lipinski definition) is 4. The molecule has 112 valence electrons. The molecule has 0 aromatic rings. The quantitative estimate of drug-likeness (QED) is 0.799. The van der Waals surface area contributed by atoms with Gasteiger partial charge in [-0.2, -0.15) is 0 Å². The highest BCUT2D eigenvalue weighted by Gasteiger charge is 2.34. The second kappa shape index (κ2) is 6.23. The number of rotatable bonds is 4. The lowest BCUT2D eigenvalue weighted by atomic mass is 9.88. The molecule has 1 N–H and O–H groups in total. The van der Waals surface area contributed by atoms with Crippen molar-refractivity contribution in [2.24, 2.45) is 5.92 Å². The summed E-state index contributed by atoms with van der Waals surface area (Å²) in [7, 11) is 0. The van der Waals surface area contributed by atoms with Crippen LogP contribution in [0.2, 0.25) is 0 Å². The van der Waals surface area contributed by atoms with E-state index < -0.39 is 11.2 Å². The Bertz CT molecular complexity index is 304. The summed E-state index contributed by atoms with van der Waals surface area (Å²) in [6.45, 7) is 9.51. The van der Waals surface area contributed by atoms with Crippen LogP contribution >= 0.6 is 0 Å². The number of hydrogen-bond donors (Lipinski definition) is 1. The van der Waals surface area contributed by atoms with Gasteiger partial charge in [0.25, 0.3) is 0 Å². The normalized spacial score (nSPS) is 25.2. The minimum Gasteiger partial charge on any atom is -0.458 e. The minimum absolute atomic E-state index is 0.216. The standard InChI is InChI=1S/C15H28O4/c1-14(2,3)19-13(17)15(4,5)18-10-11-7-6-8-12(16)9-11/h11-12,16H,6-10H2,1-5H3/t11-,12+/m1/s1. The molecule has 0 saturated heterocycles. The molecule has 1 saturated carbocycles. The van der Waals surface area contributed by atoms with E-state index >= 15 is 0 Å². The lowest BCUT2D eigenvalue weighted by Gasteiger charge is -2.31. The fraction of sp³-hybridized carbons (Fsp3) is 0.933. The van der Waals surface area contributed by atoms with Gasteiger partial charge in [-0.25, -0.2) is 4.79 Å². The third-order valence-corrected chi connectivity index (χ3v) is 3.33. The van der Waals surface area contributed by atoms with Crippen LogP contribution in [0.1, 0.15) is 60.3 Å². The van der Waals surface area contributed by atoms with E-state index in [-0.39, 0.29) is 12.1 Å². The van der Waals surface area contributed by atoms with Gasteiger partial charge < -0.3 is 14.6 Å². The summed E-state index contributed by atoms with van der Waals surface area (Å²) in [6, 6.07) is 0. The van der Waals surface area contributed by atoms with Gasteiger partial charge in [-0.3, -0.25) is 0 Å². The molecule has 0 aliphatic heterocycles. The second-order valence-corrected chi connectivity index (χ2v) is 7.01. The summed E-state index contributed by atoms with van der Waals surface area (Å²) in [5.74, 6) is 0.00168. The average molecular weight is 272 g/mol. The maximum Gasteiger partial charge on any atom is 0.338 e. The van der Waals surface area contributed by atoms with E-state index in [0.29, 0.717) is 12.5 Å². The fourth-order valence-corrected chi connectivity index (χ4v) is 2.20. The zero-order valence-electron chi connectivity index (χ0n) is 12.9. The second-order valence-electron chi connectivity index (χ2n) is 7.01. The van der Waals surface area contributed by atoms with Crippen LogP contribution < -0.4 is 0 Å². The molecule has 4 nitrogen and oxygen atoms in total. The van der Waals surface area contributed by atoms with E-state index in [1.54, 1.807) is 13.8 Å². The maximum atomic E-state index is 12.0. The van der Waals surface area contributed by atoms with E-state index in [0.717, 1.165) is 25.7 Å². The Labute approximate surface area is 116 Å². The van der Waals surface area contributed by atoms with Crippen LogP contribution in [-0.2, 0) is 14.3 Å². The Morgan fingerprint density at radius 2 is 1.84 bits per heavy atom. The van der Waals surface area contributed by atoms with Crippen LogP contribution in [-0.4, -0.2) is 35.0 Å². The highest BCUT2D eigenvalue weighted by Crippen LogP contribution is 2.26. The van der Waals surface area contributed by atoms with Gasteiger partial charge in [0.2, 0.25) is 0 Å². The molecular formula is C15H28O4. The molecule has 0 bridgehead atoms. The van der Waals surface area contributed by atoms with Gasteiger partial charge in [0.05, 0.1) is 12.7 Å². The van der Waals surface area contributed by atoms with Crippen LogP contribution in [0.25, 0.3) is 0 Å². The van der Waals surface area contributed by atoms with Crippen molar-refractivity contribution in [3.05, 3.63) is 0 Å². The Balaban J connectivity index is 2.43. The highest BCUT2D eigenvalue weighted by molar-refractivity contribution is 5.78. The van der Waals surface area contributed by atoms with Crippen molar-refractivity contribution in [3.8, 4) is 0 Å². The van der Waals surface area contributed by atoms with E-state index in [2.05, 4.69) is 0 Å². The average Bonchev–Trinajstić information content (AvgIpc) is 2.24. The van der Waals surface area contributed by atoms with Gasteiger partial charge in [0.1, 0.15) is 5.60 Å². The highest BCUT2D eigenvalue weighted by atomic mass is 16.6. The number of aliphatic hydroxyl groups excluding tert-OH is 1. The molecule has 0 heterocycles. The van der Waals surface area contributed by atoms with E-state index in [1.807, 2.05) is 20.8 Å². The topological polar surface area (TPSA) is 55.8 Å². The Morgan fingerprint density at radius 1 is 1.21 bits per heavy atom. The van der Waals surface area contributed by atoms with E-state index in [1.165, 1.54) is 0 Å². The van der Waals surface area contributed by atoms with Crippen LogP contribution in [0.4, 0.5) is 0 Å². The largest absolute Gasteiger partial charge is 0.458 e. The monoisotopic (exact) mass is 272 g/mol. The van der Waals surface area contributed by atoms with Gasteiger partial charge >= 0.3 is 5.97 Å². The summed E-state index contributed by atoms with van der Waals surface area (Å²) < 4.78 is 11.1. The minimum atomic E-state index is -0.935. The van der Waals surface area contributed by atoms with E-state index in [9.17, 15) is 9.90 Å². The summed E-state index contributed by atoms with van der Waals surface area (Å²) in [4.78, 5) is 12.0. The molecule has 2 atom stereocenters. The van der Waals surface area contributed by atoms with Crippen molar-refractivity contribution >= 4 is 5.97 Å². The van der Waals surface area contributed by atoms with E-state index in [4.69, 9.17) is 9.47 Å². The van der Waals surface area contributed by atoms with Crippen LogP contribution in [0.5, 0.6) is 0 Å². The summed E-state index contributed by atoms with van der Waals surface area (Å²) in [5, 5.41) is 9.62. The molecule has 1 rings (SSSR count). The SMILES string of the molecule is CC(C)(C)OC(=O)C(C)(C)OC[C@@H]1CCC[C@H](O)C1. The number of carbonyl (C=O) groups is 1. The smallest absolute Gasteiger partial charge is 0.338 e. The third-order valence-electron chi connectivity index (χ3n) is 3.33. The number of ether oxygens (including phenoxy) is 2. The maximum absolute atomic E-state index is 12.0. The van der Waals surface area contributed by atoms with Crippen molar-refractivity contribution in [2.45, 2.75) is 77.6 Å². The van der Waals surface area contributed by atoms with Gasteiger partial charge in [-0.1, -0.05) is 6.42 Å². The molecule has 0 aromatic carbocycles. The molecule has 1 aliphatic carbocycles. The molecule has 1 fully saturated rings. The first-order chi connectivity index (χ1) is 8.60. The predicted octanol–water partition coefficient (Wildman–Crippen LogP) is 2.67. The predicted molar refractivity (Wildman–Crippen MR) is 73.8 cm³/mol. The van der Waals surface area contributed by atoms with Gasteiger partial charge in [0, 0.05) is 0 Å². The third kappa shape index (κ3) is 5.91. The van der Waals surface area contributed by atoms with Crippen LogP contribution in [0.3, 0.4) is 0 Å². The first-order valence-corrected chi connectivity index (χ1v) is 7.15. The zero-order chi connectivity index (χ0) is 14.7. The van der Waals surface area contributed by atoms with Gasteiger partial charge in [-0.15, -0.1) is 0 Å². The molecule has 0 amide bonds. The Morgan fingerprint density at radius 3 is 2.37 bits per heavy atom. The van der Waals surface area contributed by atoms with Crippen molar-refractivity contribution in [2.75, 3.05) is 6.61 Å². The molecular weight excluding hydrogens is 244 g/mol. The lowest BCUT2D eigenvalue weighted by Crippen LogP contribution is -2.42. The van der Waals surface area contributed by atoms with Crippen molar-refractivity contribution in [3.63, 3.8) is 0 Å². The first-order valence-electron chi connectivity index (χ1n) is 7.15. The molecule has 19 heavy (non-hydrogen) atoms. The van der Waals surface area contributed by atoms with Crippen LogP contribution in [0, 0.1) is 5.92 Å². The molecule has 0 radical (unpaired) electrons. The Hall–Kier alpha value is -0.610. The number of aliphatic hydroxyl groups is 1. The number of esters is 1.